The zero-order valence-electron chi connectivity index (χ0n) is 9.74. The van der Waals surface area contributed by atoms with Crippen LogP contribution in [0, 0.1) is 0 Å². The minimum absolute atomic E-state index is 0.372. The van der Waals surface area contributed by atoms with Crippen LogP contribution in [0.4, 0.5) is 13.2 Å². The molecule has 0 fully saturated rings. The summed E-state index contributed by atoms with van der Waals surface area (Å²) >= 11 is 0. The highest BCUT2D eigenvalue weighted by Gasteiger charge is 2.32. The van der Waals surface area contributed by atoms with Crippen LogP contribution in [0.5, 0.6) is 0 Å². The minimum atomic E-state index is -4.38. The second-order valence-corrected chi connectivity index (χ2v) is 4.49. The lowest BCUT2D eigenvalue weighted by atomic mass is 10.0. The van der Waals surface area contributed by atoms with Gasteiger partial charge in [0.05, 0.1) is 11.6 Å². The summed E-state index contributed by atoms with van der Waals surface area (Å²) in [5, 5.41) is 6.17. The average Bonchev–Trinajstić information content (AvgIpc) is 2.92. The van der Waals surface area contributed by atoms with Crippen molar-refractivity contribution >= 4 is 0 Å². The second kappa shape index (κ2) is 3.97. The highest BCUT2D eigenvalue weighted by molar-refractivity contribution is 5.29. The molecule has 1 aliphatic heterocycles. The van der Waals surface area contributed by atoms with Crippen molar-refractivity contribution in [3.63, 3.8) is 0 Å². The van der Waals surface area contributed by atoms with Gasteiger partial charge in [0, 0.05) is 6.42 Å². The Morgan fingerprint density at radius 3 is 2.89 bits per heavy atom. The molecule has 1 aromatic carbocycles. The predicted octanol–water partition coefficient (Wildman–Crippen LogP) is 2.13. The number of nitrogens with zero attached hydrogens (tertiary/aromatic N) is 2. The van der Waals surface area contributed by atoms with Gasteiger partial charge in [-0.2, -0.15) is 18.3 Å². The molecule has 19 heavy (non-hydrogen) atoms. The van der Waals surface area contributed by atoms with E-state index in [0.29, 0.717) is 24.2 Å². The van der Waals surface area contributed by atoms with E-state index in [1.54, 1.807) is 6.07 Å². The minimum Gasteiger partial charge on any atom is -0.271 e. The molecule has 0 amide bonds. The fourth-order valence-corrected chi connectivity index (χ4v) is 2.47. The molecular weight excluding hydrogens is 259 g/mol. The Morgan fingerprint density at radius 2 is 2.16 bits per heavy atom. The number of alkyl halides is 3. The molecule has 2 heterocycles. The van der Waals surface area contributed by atoms with Crippen molar-refractivity contribution in [1.29, 1.82) is 0 Å². The van der Waals surface area contributed by atoms with Crippen LogP contribution >= 0.6 is 0 Å². The van der Waals surface area contributed by atoms with Crippen LogP contribution in [0.25, 0.3) is 0 Å². The standard InChI is InChI=1S/C12H10F3N3O/c13-12(14,15)8-3-1-2-7(6-8)9-4-5-10-16-17-11(19)18(9)10/h1-3,6,9H,4-5H2,(H,17,19)/t9-/m1/s1. The maximum absolute atomic E-state index is 12.7. The van der Waals surface area contributed by atoms with Crippen LogP contribution in [-0.4, -0.2) is 14.8 Å². The van der Waals surface area contributed by atoms with Crippen molar-refractivity contribution in [1.82, 2.24) is 14.8 Å². The van der Waals surface area contributed by atoms with Gasteiger partial charge in [0.15, 0.2) is 0 Å². The number of aryl methyl sites for hydroxylation is 1. The number of aromatic nitrogens is 3. The summed E-state index contributed by atoms with van der Waals surface area (Å²) in [6, 6.07) is 4.72. The first kappa shape index (κ1) is 12.0. The lowest BCUT2D eigenvalue weighted by Crippen LogP contribution is -2.21. The first-order valence-electron chi connectivity index (χ1n) is 5.80. The molecule has 0 spiro atoms. The Bertz CT molecular complexity index is 671. The highest BCUT2D eigenvalue weighted by atomic mass is 19.4. The number of fused-ring (bicyclic) bond motifs is 1. The van der Waals surface area contributed by atoms with Crippen LogP contribution in [-0.2, 0) is 12.6 Å². The van der Waals surface area contributed by atoms with Gasteiger partial charge < -0.3 is 0 Å². The molecule has 0 aliphatic carbocycles. The van der Waals surface area contributed by atoms with E-state index in [4.69, 9.17) is 0 Å². The van der Waals surface area contributed by atoms with Crippen molar-refractivity contribution in [2.24, 2.45) is 0 Å². The average molecular weight is 269 g/mol. The lowest BCUT2D eigenvalue weighted by Gasteiger charge is -2.14. The lowest BCUT2D eigenvalue weighted by molar-refractivity contribution is -0.137. The van der Waals surface area contributed by atoms with E-state index in [9.17, 15) is 18.0 Å². The van der Waals surface area contributed by atoms with Crippen molar-refractivity contribution in [3.05, 3.63) is 51.7 Å². The molecule has 0 saturated heterocycles. The Balaban J connectivity index is 2.05. The van der Waals surface area contributed by atoms with E-state index in [0.717, 1.165) is 12.1 Å². The first-order chi connectivity index (χ1) is 8.97. The van der Waals surface area contributed by atoms with Gasteiger partial charge in [-0.25, -0.2) is 9.89 Å². The number of aromatic amines is 1. The van der Waals surface area contributed by atoms with Crippen molar-refractivity contribution in [2.75, 3.05) is 0 Å². The maximum atomic E-state index is 12.7. The third kappa shape index (κ3) is 1.94. The van der Waals surface area contributed by atoms with E-state index in [1.807, 2.05) is 0 Å². The largest absolute Gasteiger partial charge is 0.416 e. The molecule has 0 radical (unpaired) electrons. The zero-order chi connectivity index (χ0) is 13.6. The zero-order valence-corrected chi connectivity index (χ0v) is 9.74. The number of nitrogens with one attached hydrogen (secondary N) is 1. The summed E-state index contributed by atoms with van der Waals surface area (Å²) < 4.78 is 39.5. The summed E-state index contributed by atoms with van der Waals surface area (Å²) in [5.41, 5.74) is -0.595. The summed E-state index contributed by atoms with van der Waals surface area (Å²) in [5.74, 6) is 0.590. The van der Waals surface area contributed by atoms with Gasteiger partial charge in [-0.3, -0.25) is 4.57 Å². The maximum Gasteiger partial charge on any atom is 0.416 e. The third-order valence-electron chi connectivity index (χ3n) is 3.33. The van der Waals surface area contributed by atoms with Crippen LogP contribution in [0.15, 0.2) is 29.1 Å². The van der Waals surface area contributed by atoms with Gasteiger partial charge in [-0.05, 0) is 24.1 Å². The Kier molecular flexibility index (Phi) is 2.51. The SMILES string of the molecule is O=c1[nH]nc2n1[C@@H](c1cccc(C(F)(F)F)c1)CC2. The molecule has 1 N–H and O–H groups in total. The molecular formula is C12H10F3N3O. The van der Waals surface area contributed by atoms with Gasteiger partial charge in [-0.15, -0.1) is 0 Å². The summed E-state index contributed by atoms with van der Waals surface area (Å²) in [7, 11) is 0. The van der Waals surface area contributed by atoms with Crippen molar-refractivity contribution in [3.8, 4) is 0 Å². The van der Waals surface area contributed by atoms with Gasteiger partial charge >= 0.3 is 11.9 Å². The fourth-order valence-electron chi connectivity index (χ4n) is 2.47. The second-order valence-electron chi connectivity index (χ2n) is 4.49. The summed E-state index contributed by atoms with van der Waals surface area (Å²) in [6.07, 6.45) is -3.20. The summed E-state index contributed by atoms with van der Waals surface area (Å²) in [4.78, 5) is 11.6. The smallest absolute Gasteiger partial charge is 0.271 e. The molecule has 1 aromatic heterocycles. The first-order valence-corrected chi connectivity index (χ1v) is 5.80. The van der Waals surface area contributed by atoms with E-state index in [2.05, 4.69) is 10.2 Å². The van der Waals surface area contributed by atoms with Crippen molar-refractivity contribution < 1.29 is 13.2 Å². The molecule has 0 bridgehead atoms. The Labute approximate surface area is 105 Å². The topological polar surface area (TPSA) is 50.7 Å². The van der Waals surface area contributed by atoms with Crippen molar-refractivity contribution in [2.45, 2.75) is 25.1 Å². The predicted molar refractivity (Wildman–Crippen MR) is 60.8 cm³/mol. The van der Waals surface area contributed by atoms with Gasteiger partial charge in [-0.1, -0.05) is 12.1 Å². The summed E-state index contributed by atoms with van der Waals surface area (Å²) in [6.45, 7) is 0. The van der Waals surface area contributed by atoms with Crippen LogP contribution in [0.3, 0.4) is 0 Å². The Morgan fingerprint density at radius 1 is 1.37 bits per heavy atom. The molecule has 0 saturated carbocycles. The number of rotatable bonds is 1. The van der Waals surface area contributed by atoms with E-state index < -0.39 is 11.7 Å². The van der Waals surface area contributed by atoms with Crippen LogP contribution in [0.1, 0.15) is 29.4 Å². The normalized spacial score (nSPS) is 18.6. The van der Waals surface area contributed by atoms with Crippen LogP contribution < -0.4 is 5.69 Å². The van der Waals surface area contributed by atoms with E-state index in [-0.39, 0.29) is 11.7 Å². The Hall–Kier alpha value is -2.05. The number of H-pyrrole nitrogens is 1. The number of hydrogen-bond acceptors (Lipinski definition) is 2. The molecule has 0 unspecified atom stereocenters. The molecule has 2 aromatic rings. The molecule has 4 nitrogen and oxygen atoms in total. The van der Waals surface area contributed by atoms with Gasteiger partial charge in [0.1, 0.15) is 5.82 Å². The molecule has 100 valence electrons. The number of hydrogen-bond donors (Lipinski definition) is 1. The fraction of sp³-hybridized carbons (Fsp3) is 0.333. The monoisotopic (exact) mass is 269 g/mol. The molecule has 1 atom stereocenters. The molecule has 1 aliphatic rings. The molecule has 3 rings (SSSR count). The number of halogens is 3. The van der Waals surface area contributed by atoms with E-state index >= 15 is 0 Å². The van der Waals surface area contributed by atoms with Gasteiger partial charge in [0.25, 0.3) is 0 Å². The van der Waals surface area contributed by atoms with E-state index in [1.165, 1.54) is 10.6 Å². The van der Waals surface area contributed by atoms with Crippen LogP contribution in [0.2, 0.25) is 0 Å². The van der Waals surface area contributed by atoms with Gasteiger partial charge in [0.2, 0.25) is 0 Å². The highest BCUT2D eigenvalue weighted by Crippen LogP contribution is 2.34. The number of benzene rings is 1. The molecule has 7 heteroatoms. The quantitative estimate of drug-likeness (QED) is 0.862. The third-order valence-corrected chi connectivity index (χ3v) is 3.33.